The van der Waals surface area contributed by atoms with Crippen molar-refractivity contribution in [3.8, 4) is 0 Å². The van der Waals surface area contributed by atoms with E-state index in [-0.39, 0.29) is 57.9 Å². The van der Waals surface area contributed by atoms with Crippen LogP contribution in [-0.4, -0.2) is 88.5 Å². The van der Waals surface area contributed by atoms with E-state index in [2.05, 4.69) is 15.3 Å². The van der Waals surface area contributed by atoms with Crippen molar-refractivity contribution in [1.82, 2.24) is 34.2 Å². The van der Waals surface area contributed by atoms with Crippen LogP contribution in [0, 0.1) is 0 Å². The number of nitrogens with zero attached hydrogens (tertiary/aromatic N) is 6. The zero-order valence-electron chi connectivity index (χ0n) is 22.2. The van der Waals surface area contributed by atoms with Crippen LogP contribution in [0.15, 0.2) is 24.8 Å². The number of carboxylic acids is 2. The fraction of sp³-hybridized carbons (Fsp3) is 0.600. The number of carbonyl (C=O) groups excluding carboxylic acids is 2. The van der Waals surface area contributed by atoms with Crippen LogP contribution in [0.1, 0.15) is 57.1 Å². The number of amides is 2. The Morgan fingerprint density at radius 1 is 0.974 bits per heavy atom. The minimum atomic E-state index is -0.970. The summed E-state index contributed by atoms with van der Waals surface area (Å²) < 4.78 is 3.13. The normalized spacial score (nSPS) is 14.8. The monoisotopic (exact) mass is 718 g/mol. The van der Waals surface area contributed by atoms with E-state index in [1.807, 2.05) is 16.7 Å². The number of nitrogens with one attached hydrogen (secondary N) is 1. The molecule has 1 radical (unpaired) electrons. The van der Waals surface area contributed by atoms with Crippen molar-refractivity contribution in [1.29, 1.82) is 0 Å². The van der Waals surface area contributed by atoms with Crippen LogP contribution in [0.4, 0.5) is 0 Å². The zero-order chi connectivity index (χ0) is 27.5. The van der Waals surface area contributed by atoms with Crippen molar-refractivity contribution in [3.63, 3.8) is 0 Å². The average Bonchev–Trinajstić information content (AvgIpc) is 3.59. The van der Waals surface area contributed by atoms with E-state index in [4.69, 9.17) is 10.2 Å². The minimum Gasteiger partial charge on any atom is -0.480 e. The Morgan fingerprint density at radius 3 is 2.08 bits per heavy atom. The van der Waals surface area contributed by atoms with Crippen LogP contribution in [0.25, 0.3) is 0 Å². The summed E-state index contributed by atoms with van der Waals surface area (Å²) in [4.78, 5) is 59.3. The maximum atomic E-state index is 12.3. The molecule has 1 aliphatic heterocycles. The predicted molar refractivity (Wildman–Crippen MR) is 136 cm³/mol. The van der Waals surface area contributed by atoms with Gasteiger partial charge in [-0.05, 0) is 39.2 Å². The molecule has 0 spiro atoms. The molecule has 3 heterocycles. The number of imidazole rings is 2. The van der Waals surface area contributed by atoms with E-state index in [9.17, 15) is 19.2 Å². The van der Waals surface area contributed by atoms with Gasteiger partial charge in [0.1, 0.15) is 24.7 Å². The Balaban J connectivity index is 0.00000533. The molecule has 2 amide bonds. The van der Waals surface area contributed by atoms with E-state index >= 15 is 0 Å². The number of carbonyl (C=O) groups is 4. The average molecular weight is 718 g/mol. The molecule has 2 aromatic heterocycles. The van der Waals surface area contributed by atoms with Gasteiger partial charge in [0.25, 0.3) is 0 Å². The zero-order valence-corrected chi connectivity index (χ0v) is 24.9. The topological polar surface area (TPSA) is 163 Å². The van der Waals surface area contributed by atoms with Crippen molar-refractivity contribution in [3.05, 3.63) is 36.4 Å². The van der Waals surface area contributed by atoms with Crippen molar-refractivity contribution in [2.24, 2.45) is 0 Å². The molecule has 13 nitrogen and oxygen atoms in total. The standard InChI is InChI=1S/C25H37N7O6.Re/c1-19-6-5-11-32(19)23(34)14-28-22(33)7-3-2-4-10-29(15-20-26-8-12-30(20)17-24(35)36)16-21-27-9-13-31(21)18-25(37)38;/h8-9,12-13,19H,2-7,10-11,14-18H2,1H3,(H,28,33)(H,35,36)(H,37,38);. The Hall–Kier alpha value is -3.08. The first-order chi connectivity index (χ1) is 18.2. The molecular formula is C25H37N7O6Re. The molecule has 39 heavy (non-hydrogen) atoms. The number of likely N-dealkylation sites (tertiary alicyclic amines) is 1. The molecular weight excluding hydrogens is 681 g/mol. The second-order valence-electron chi connectivity index (χ2n) is 9.61. The van der Waals surface area contributed by atoms with Gasteiger partial charge in [0.05, 0.1) is 19.6 Å². The van der Waals surface area contributed by atoms with E-state index < -0.39 is 11.9 Å². The van der Waals surface area contributed by atoms with Crippen LogP contribution in [0.2, 0.25) is 0 Å². The fourth-order valence-corrected chi connectivity index (χ4v) is 4.64. The van der Waals surface area contributed by atoms with Gasteiger partial charge in [0.15, 0.2) is 0 Å². The van der Waals surface area contributed by atoms with E-state index in [1.165, 1.54) is 0 Å². The number of unbranched alkanes of at least 4 members (excludes halogenated alkanes) is 2. The summed E-state index contributed by atoms with van der Waals surface area (Å²) in [6.45, 7) is 3.73. The smallest absolute Gasteiger partial charge is 0.323 e. The maximum absolute atomic E-state index is 12.3. The Kier molecular flexibility index (Phi) is 13.3. The van der Waals surface area contributed by atoms with E-state index in [0.717, 1.165) is 32.2 Å². The summed E-state index contributed by atoms with van der Waals surface area (Å²) in [5.41, 5.74) is 0. The number of hydrogen-bond acceptors (Lipinski definition) is 7. The van der Waals surface area contributed by atoms with Gasteiger partial charge in [-0.3, -0.25) is 24.1 Å². The number of aliphatic carboxylic acids is 2. The van der Waals surface area contributed by atoms with Gasteiger partial charge in [0.2, 0.25) is 11.8 Å². The molecule has 3 N–H and O–H groups in total. The quantitative estimate of drug-likeness (QED) is 0.215. The van der Waals surface area contributed by atoms with Crippen LogP contribution < -0.4 is 5.32 Å². The van der Waals surface area contributed by atoms with Crippen molar-refractivity contribution >= 4 is 23.8 Å². The second-order valence-corrected chi connectivity index (χ2v) is 9.61. The van der Waals surface area contributed by atoms with E-state index in [0.29, 0.717) is 44.1 Å². The molecule has 0 aliphatic carbocycles. The van der Waals surface area contributed by atoms with Gasteiger partial charge >= 0.3 is 11.9 Å². The summed E-state index contributed by atoms with van der Waals surface area (Å²) in [7, 11) is 0. The molecule has 1 fully saturated rings. The number of rotatable bonds is 16. The first kappa shape index (κ1) is 32.1. The molecule has 0 saturated carbocycles. The predicted octanol–water partition coefficient (Wildman–Crippen LogP) is 0.936. The van der Waals surface area contributed by atoms with Crippen LogP contribution in [-0.2, 0) is 65.8 Å². The van der Waals surface area contributed by atoms with Crippen LogP contribution in [0.3, 0.4) is 0 Å². The first-order valence-corrected chi connectivity index (χ1v) is 12.9. The third kappa shape index (κ3) is 10.5. The third-order valence-electron chi connectivity index (χ3n) is 6.63. The van der Waals surface area contributed by atoms with Gasteiger partial charge < -0.3 is 29.6 Å². The van der Waals surface area contributed by atoms with E-state index in [1.54, 1.807) is 33.9 Å². The molecule has 1 unspecified atom stereocenters. The van der Waals surface area contributed by atoms with Crippen molar-refractivity contribution in [2.75, 3.05) is 19.6 Å². The number of carboxylic acid groups (broad SMARTS) is 2. The Bertz CT molecular complexity index is 1050. The van der Waals surface area contributed by atoms with Crippen molar-refractivity contribution in [2.45, 2.75) is 77.7 Å². The molecule has 215 valence electrons. The molecule has 1 saturated heterocycles. The van der Waals surface area contributed by atoms with Crippen LogP contribution >= 0.6 is 0 Å². The summed E-state index contributed by atoms with van der Waals surface area (Å²) >= 11 is 0. The minimum absolute atomic E-state index is 0. The van der Waals surface area contributed by atoms with Crippen molar-refractivity contribution < 1.29 is 49.8 Å². The molecule has 0 aromatic carbocycles. The van der Waals surface area contributed by atoms with Gasteiger partial charge in [-0.15, -0.1) is 0 Å². The number of hydrogen-bond donors (Lipinski definition) is 3. The number of aromatic nitrogens is 4. The first-order valence-electron chi connectivity index (χ1n) is 12.9. The van der Waals surface area contributed by atoms with Crippen LogP contribution in [0.5, 0.6) is 0 Å². The molecule has 0 bridgehead atoms. The second kappa shape index (κ2) is 16.1. The molecule has 14 heteroatoms. The summed E-state index contributed by atoms with van der Waals surface area (Å²) in [5.74, 6) is -0.958. The summed E-state index contributed by atoms with van der Waals surface area (Å²) in [6, 6.07) is 0.228. The maximum Gasteiger partial charge on any atom is 0.323 e. The molecule has 3 rings (SSSR count). The van der Waals surface area contributed by atoms with Gasteiger partial charge in [-0.25, -0.2) is 9.97 Å². The SMILES string of the molecule is CC1CCCN1C(=O)CNC(=O)CCCCCN(Cc1nccn1CC(=O)O)Cc1nccn1CC(=O)O.[Re]. The Morgan fingerprint density at radius 2 is 1.56 bits per heavy atom. The summed E-state index contributed by atoms with van der Waals surface area (Å²) in [6.07, 6.45) is 10.8. The largest absolute Gasteiger partial charge is 0.480 e. The summed E-state index contributed by atoms with van der Waals surface area (Å²) in [5, 5.41) is 21.1. The molecule has 1 atom stereocenters. The molecule has 1 aliphatic rings. The molecule has 2 aromatic rings. The fourth-order valence-electron chi connectivity index (χ4n) is 4.64. The van der Waals surface area contributed by atoms with Gasteiger partial charge in [-0.2, -0.15) is 0 Å². The van der Waals surface area contributed by atoms with Gasteiger partial charge in [-0.1, -0.05) is 6.42 Å². The van der Waals surface area contributed by atoms with Gasteiger partial charge in [0, 0.05) is 64.2 Å². The third-order valence-corrected chi connectivity index (χ3v) is 6.63. The Labute approximate surface area is 241 Å².